The smallest absolute Gasteiger partial charge is 0.277 e. The SMILES string of the molecule is CCS(=O)(=O)c1c(-n2nc3ccncc3c2C(F)(F)F)nc2cccc(C(F)(F)F)n12. The Morgan fingerprint density at radius 3 is 2.35 bits per heavy atom. The van der Waals surface area contributed by atoms with E-state index < -0.39 is 61.2 Å². The molecular formula is C17H11F6N5O2S. The maximum absolute atomic E-state index is 13.9. The highest BCUT2D eigenvalue weighted by Gasteiger charge is 2.42. The third-order valence-electron chi connectivity index (χ3n) is 4.49. The van der Waals surface area contributed by atoms with Gasteiger partial charge in [0.2, 0.25) is 0 Å². The van der Waals surface area contributed by atoms with Gasteiger partial charge in [0.25, 0.3) is 0 Å². The van der Waals surface area contributed by atoms with Crippen molar-refractivity contribution in [3.05, 3.63) is 48.0 Å². The van der Waals surface area contributed by atoms with Gasteiger partial charge in [0.15, 0.2) is 26.4 Å². The van der Waals surface area contributed by atoms with Crippen molar-refractivity contribution < 1.29 is 34.8 Å². The van der Waals surface area contributed by atoms with Gasteiger partial charge in [0, 0.05) is 12.4 Å². The van der Waals surface area contributed by atoms with Gasteiger partial charge in [-0.3, -0.25) is 9.38 Å². The molecule has 4 heterocycles. The first-order chi connectivity index (χ1) is 14.4. The summed E-state index contributed by atoms with van der Waals surface area (Å²) >= 11 is 0. The molecule has 4 aromatic heterocycles. The summed E-state index contributed by atoms with van der Waals surface area (Å²) in [4.78, 5) is 7.43. The summed E-state index contributed by atoms with van der Waals surface area (Å²) in [6.07, 6.45) is -7.98. The van der Waals surface area contributed by atoms with Crippen LogP contribution in [0.5, 0.6) is 0 Å². The Bertz CT molecular complexity index is 1420. The topological polar surface area (TPSA) is 82.1 Å². The second-order valence-corrected chi connectivity index (χ2v) is 8.59. The Morgan fingerprint density at radius 1 is 1.03 bits per heavy atom. The molecule has 4 aromatic rings. The molecule has 0 saturated carbocycles. The van der Waals surface area contributed by atoms with Crippen molar-refractivity contribution in [2.45, 2.75) is 24.3 Å². The highest BCUT2D eigenvalue weighted by molar-refractivity contribution is 7.91. The zero-order valence-corrected chi connectivity index (χ0v) is 16.2. The Hall–Kier alpha value is -3.16. The molecule has 4 rings (SSSR count). The molecule has 0 fully saturated rings. The zero-order valence-electron chi connectivity index (χ0n) is 15.4. The average molecular weight is 463 g/mol. The molecule has 0 unspecified atom stereocenters. The molecule has 0 saturated heterocycles. The Labute approximate surface area is 169 Å². The Balaban J connectivity index is 2.23. The van der Waals surface area contributed by atoms with Crippen LogP contribution in [-0.2, 0) is 22.2 Å². The van der Waals surface area contributed by atoms with E-state index in [0.29, 0.717) is 10.5 Å². The fourth-order valence-corrected chi connectivity index (χ4v) is 4.34. The predicted molar refractivity (Wildman–Crippen MR) is 95.3 cm³/mol. The molecule has 0 radical (unpaired) electrons. The third-order valence-corrected chi connectivity index (χ3v) is 6.21. The summed E-state index contributed by atoms with van der Waals surface area (Å²) in [7, 11) is -4.49. The zero-order chi connectivity index (χ0) is 22.8. The lowest BCUT2D eigenvalue weighted by molar-refractivity contribution is -0.143. The summed E-state index contributed by atoms with van der Waals surface area (Å²) in [6.45, 7) is 1.16. The number of nitrogens with zero attached hydrogens (tertiary/aromatic N) is 5. The summed E-state index contributed by atoms with van der Waals surface area (Å²) in [5.74, 6) is -1.56. The normalized spacial score (nSPS) is 13.4. The monoisotopic (exact) mass is 463 g/mol. The molecule has 31 heavy (non-hydrogen) atoms. The van der Waals surface area contributed by atoms with Crippen LogP contribution in [0.1, 0.15) is 18.3 Å². The molecule has 0 atom stereocenters. The van der Waals surface area contributed by atoms with Crippen molar-refractivity contribution in [2.24, 2.45) is 0 Å². The van der Waals surface area contributed by atoms with E-state index in [1.54, 1.807) is 0 Å². The number of sulfone groups is 1. The van der Waals surface area contributed by atoms with Crippen molar-refractivity contribution >= 4 is 26.4 Å². The van der Waals surface area contributed by atoms with Gasteiger partial charge in [0.05, 0.1) is 16.7 Å². The molecule has 0 spiro atoms. The van der Waals surface area contributed by atoms with E-state index in [-0.39, 0.29) is 10.2 Å². The van der Waals surface area contributed by atoms with E-state index in [0.717, 1.165) is 31.3 Å². The average Bonchev–Trinajstić information content (AvgIpc) is 3.25. The molecule has 0 amide bonds. The van der Waals surface area contributed by atoms with Gasteiger partial charge in [-0.25, -0.2) is 18.1 Å². The van der Waals surface area contributed by atoms with Crippen LogP contribution in [0, 0.1) is 0 Å². The highest BCUT2D eigenvalue weighted by Crippen LogP contribution is 2.39. The standard InChI is InChI=1S/C17H11F6N5O2S/c1-2-31(29,30)15-14(25-12-5-3-4-11(27(12)15)16(18,19)20)28-13(17(21,22)23)9-8-24-7-6-10(9)26-28/h3-8H,2H2,1H3. The lowest BCUT2D eigenvalue weighted by Gasteiger charge is -2.13. The first-order valence-corrected chi connectivity index (χ1v) is 10.2. The van der Waals surface area contributed by atoms with Crippen LogP contribution < -0.4 is 0 Å². The number of alkyl halides is 6. The molecule has 0 aliphatic rings. The Kier molecular flexibility index (Phi) is 4.54. The van der Waals surface area contributed by atoms with Crippen molar-refractivity contribution in [3.8, 4) is 5.82 Å². The van der Waals surface area contributed by atoms with Gasteiger partial charge in [0.1, 0.15) is 11.3 Å². The predicted octanol–water partition coefficient (Wildman–Crippen LogP) is 3.90. The van der Waals surface area contributed by atoms with Crippen molar-refractivity contribution in [2.75, 3.05) is 5.75 Å². The molecule has 0 aliphatic carbocycles. The fraction of sp³-hybridized carbons (Fsp3) is 0.235. The van der Waals surface area contributed by atoms with Crippen LogP contribution in [0.25, 0.3) is 22.4 Å². The lowest BCUT2D eigenvalue weighted by Crippen LogP contribution is -2.19. The number of fused-ring (bicyclic) bond motifs is 2. The number of imidazole rings is 1. The first kappa shape index (κ1) is 21.1. The van der Waals surface area contributed by atoms with E-state index in [4.69, 9.17) is 0 Å². The van der Waals surface area contributed by atoms with Gasteiger partial charge in [-0.2, -0.15) is 31.4 Å². The van der Waals surface area contributed by atoms with Gasteiger partial charge in [-0.05, 0) is 18.2 Å². The van der Waals surface area contributed by atoms with Crippen LogP contribution in [0.2, 0.25) is 0 Å². The van der Waals surface area contributed by atoms with E-state index in [9.17, 15) is 34.8 Å². The van der Waals surface area contributed by atoms with Crippen LogP contribution in [0.15, 0.2) is 41.7 Å². The van der Waals surface area contributed by atoms with Crippen LogP contribution in [0.4, 0.5) is 26.3 Å². The van der Waals surface area contributed by atoms with Gasteiger partial charge < -0.3 is 0 Å². The van der Waals surface area contributed by atoms with Crippen molar-refractivity contribution in [1.82, 2.24) is 24.1 Å². The van der Waals surface area contributed by atoms with Gasteiger partial charge >= 0.3 is 12.4 Å². The fourth-order valence-electron chi connectivity index (χ4n) is 3.18. The maximum atomic E-state index is 13.9. The number of rotatable bonds is 3. The van der Waals surface area contributed by atoms with Crippen molar-refractivity contribution in [1.29, 1.82) is 0 Å². The molecular weight excluding hydrogens is 452 g/mol. The van der Waals surface area contributed by atoms with E-state index in [1.807, 2.05) is 0 Å². The minimum absolute atomic E-state index is 0.185. The van der Waals surface area contributed by atoms with Gasteiger partial charge in [-0.15, -0.1) is 0 Å². The summed E-state index contributed by atoms with van der Waals surface area (Å²) in [5.41, 5.74) is -3.49. The number of hydrogen-bond acceptors (Lipinski definition) is 5. The molecule has 0 aliphatic heterocycles. The van der Waals surface area contributed by atoms with E-state index >= 15 is 0 Å². The summed E-state index contributed by atoms with van der Waals surface area (Å²) < 4.78 is 108. The molecule has 0 bridgehead atoms. The molecule has 14 heteroatoms. The Morgan fingerprint density at radius 2 is 1.74 bits per heavy atom. The maximum Gasteiger partial charge on any atom is 0.434 e. The number of hydrogen-bond donors (Lipinski definition) is 0. The highest BCUT2D eigenvalue weighted by atomic mass is 32.2. The largest absolute Gasteiger partial charge is 0.434 e. The molecule has 164 valence electrons. The van der Waals surface area contributed by atoms with Gasteiger partial charge in [-0.1, -0.05) is 13.0 Å². The quantitative estimate of drug-likeness (QED) is 0.431. The van der Waals surface area contributed by atoms with Crippen LogP contribution >= 0.6 is 0 Å². The summed E-state index contributed by atoms with van der Waals surface area (Å²) in [6, 6.07) is 3.81. The molecule has 0 N–H and O–H groups in total. The third kappa shape index (κ3) is 3.30. The second-order valence-electron chi connectivity index (χ2n) is 6.40. The summed E-state index contributed by atoms with van der Waals surface area (Å²) in [5, 5.41) is 2.29. The second kappa shape index (κ2) is 6.67. The molecule has 0 aromatic carbocycles. The number of aromatic nitrogens is 5. The number of halogens is 6. The minimum atomic E-state index is -5.03. The van der Waals surface area contributed by atoms with Crippen LogP contribution in [-0.4, -0.2) is 38.3 Å². The van der Waals surface area contributed by atoms with E-state index in [1.165, 1.54) is 6.20 Å². The lowest BCUT2D eigenvalue weighted by atomic mass is 10.2. The minimum Gasteiger partial charge on any atom is -0.277 e. The van der Waals surface area contributed by atoms with E-state index in [2.05, 4.69) is 15.1 Å². The number of pyridine rings is 2. The van der Waals surface area contributed by atoms with Crippen LogP contribution in [0.3, 0.4) is 0 Å². The van der Waals surface area contributed by atoms with Crippen molar-refractivity contribution in [3.63, 3.8) is 0 Å². The first-order valence-electron chi connectivity index (χ1n) is 8.58. The molecule has 7 nitrogen and oxygen atoms in total.